The Labute approximate surface area is 99.7 Å². The van der Waals surface area contributed by atoms with Crippen LogP contribution in [0.15, 0.2) is 29.2 Å². The van der Waals surface area contributed by atoms with E-state index in [-0.39, 0.29) is 10.2 Å². The highest BCUT2D eigenvalue weighted by molar-refractivity contribution is 8.16. The summed E-state index contributed by atoms with van der Waals surface area (Å²) in [6.45, 7) is 6.50. The second kappa shape index (κ2) is 3.92. The minimum absolute atomic E-state index is 0.0278. The van der Waals surface area contributed by atoms with Gasteiger partial charge in [0.1, 0.15) is 4.71 Å². The van der Waals surface area contributed by atoms with E-state index < -0.39 is 0 Å². The molecular formula is C11H14N2S2. The van der Waals surface area contributed by atoms with Gasteiger partial charge in [0.05, 0.1) is 5.69 Å². The molecule has 0 saturated carbocycles. The van der Waals surface area contributed by atoms with E-state index in [0.29, 0.717) is 0 Å². The van der Waals surface area contributed by atoms with Crippen LogP contribution in [0.3, 0.4) is 0 Å². The van der Waals surface area contributed by atoms with Gasteiger partial charge >= 0.3 is 0 Å². The molecule has 1 aliphatic heterocycles. The van der Waals surface area contributed by atoms with Crippen LogP contribution in [0.25, 0.3) is 0 Å². The minimum atomic E-state index is 0.0278. The molecule has 0 bridgehead atoms. The fourth-order valence-electron chi connectivity index (χ4n) is 1.78. The zero-order valence-corrected chi connectivity index (χ0v) is 10.7. The predicted molar refractivity (Wildman–Crippen MR) is 68.0 cm³/mol. The molecule has 0 aliphatic carbocycles. The highest BCUT2D eigenvalue weighted by Gasteiger charge is 2.36. The number of fused-ring (bicyclic) bond motifs is 1. The topological polar surface area (TPSA) is 25.5 Å². The number of thioether (sulfide) groups is 1. The van der Waals surface area contributed by atoms with Gasteiger partial charge < -0.3 is 4.90 Å². The largest absolute Gasteiger partial charge is 0.344 e. The van der Waals surface area contributed by atoms with E-state index >= 15 is 0 Å². The Bertz CT molecular complexity index is 360. The molecule has 1 aliphatic rings. The first-order valence-corrected chi connectivity index (χ1v) is 6.61. The fraction of sp³-hybridized carbons (Fsp3) is 0.455. The predicted octanol–water partition coefficient (Wildman–Crippen LogP) is 3.40. The van der Waals surface area contributed by atoms with Gasteiger partial charge in [-0.25, -0.2) is 0 Å². The molecular weight excluding hydrogens is 224 g/mol. The van der Waals surface area contributed by atoms with E-state index in [4.69, 9.17) is 0 Å². The summed E-state index contributed by atoms with van der Waals surface area (Å²) in [5, 5.41) is 9.33. The molecule has 0 N–H and O–H groups in total. The molecule has 1 aromatic carbocycles. The van der Waals surface area contributed by atoms with Gasteiger partial charge in [-0.1, -0.05) is 29.0 Å². The molecule has 2 nitrogen and oxygen atoms in total. The van der Waals surface area contributed by atoms with Gasteiger partial charge in [-0.15, -0.1) is 0 Å². The molecule has 0 fully saturated rings. The maximum Gasteiger partial charge on any atom is 0.144 e. The van der Waals surface area contributed by atoms with Crippen molar-refractivity contribution in [1.29, 1.82) is 0 Å². The Morgan fingerprint density at radius 1 is 1.33 bits per heavy atom. The van der Waals surface area contributed by atoms with Crippen LogP contribution in [0.4, 0.5) is 5.69 Å². The summed E-state index contributed by atoms with van der Waals surface area (Å²) in [7, 11) is 0. The number of benzene rings is 1. The third-order valence-electron chi connectivity index (χ3n) is 2.38. The molecule has 1 unspecified atom stereocenters. The minimum Gasteiger partial charge on any atom is -0.344 e. The Balaban J connectivity index is 2.43. The quantitative estimate of drug-likeness (QED) is 0.701. The normalized spacial score (nSPS) is 20.5. The summed E-state index contributed by atoms with van der Waals surface area (Å²) in [5.74, 6) is 0. The fourth-order valence-corrected chi connectivity index (χ4v) is 3.98. The lowest BCUT2D eigenvalue weighted by molar-refractivity contribution is 0.525. The molecule has 2 radical (unpaired) electrons. The third kappa shape index (κ3) is 1.98. The average molecular weight is 238 g/mol. The van der Waals surface area contributed by atoms with Gasteiger partial charge in [0.15, 0.2) is 0 Å². The van der Waals surface area contributed by atoms with Crippen LogP contribution < -0.4 is 10.0 Å². The molecule has 4 heteroatoms. The molecule has 80 valence electrons. The zero-order valence-electron chi connectivity index (χ0n) is 9.10. The lowest BCUT2D eigenvalue weighted by atomic mass is 10.1. The van der Waals surface area contributed by atoms with Gasteiger partial charge in [0.25, 0.3) is 0 Å². The van der Waals surface area contributed by atoms with E-state index in [2.05, 4.69) is 37.8 Å². The average Bonchev–Trinajstić information content (AvgIpc) is 2.54. The summed E-state index contributed by atoms with van der Waals surface area (Å²) in [4.78, 5) is 3.51. The van der Waals surface area contributed by atoms with Crippen molar-refractivity contribution in [1.82, 2.24) is 5.14 Å². The Kier molecular flexibility index (Phi) is 2.92. The summed E-state index contributed by atoms with van der Waals surface area (Å²) in [6, 6.07) is 8.30. The molecule has 0 amide bonds. The van der Waals surface area contributed by atoms with Crippen LogP contribution in [0.2, 0.25) is 0 Å². The van der Waals surface area contributed by atoms with Crippen LogP contribution >= 0.6 is 23.7 Å². The standard InChI is InChI=1S/C11H14N2S2/c1-11(2,3)13-8-6-4-5-7-9(8)14-10(13)15-12/h4-7,10H,1-3H3. The first kappa shape index (κ1) is 11.2. The SMILES string of the molecule is CC(C)(C)N1c2ccccc2SC1S[N]. The van der Waals surface area contributed by atoms with Gasteiger partial charge in [0, 0.05) is 10.4 Å². The zero-order chi connectivity index (χ0) is 11.1. The van der Waals surface area contributed by atoms with Gasteiger partial charge in [-0.05, 0) is 44.9 Å². The summed E-state index contributed by atoms with van der Waals surface area (Å²) >= 11 is 2.62. The van der Waals surface area contributed by atoms with Crippen molar-refractivity contribution in [3.8, 4) is 0 Å². The van der Waals surface area contributed by atoms with Crippen molar-refractivity contribution < 1.29 is 0 Å². The van der Waals surface area contributed by atoms with E-state index in [1.54, 1.807) is 11.8 Å². The van der Waals surface area contributed by atoms with Gasteiger partial charge in [0.2, 0.25) is 0 Å². The smallest absolute Gasteiger partial charge is 0.144 e. The second-order valence-corrected chi connectivity index (χ2v) is 6.62. The first-order valence-electron chi connectivity index (χ1n) is 4.89. The second-order valence-electron chi connectivity index (χ2n) is 4.54. The number of hydrogen-bond acceptors (Lipinski definition) is 3. The Morgan fingerprint density at radius 2 is 2.00 bits per heavy atom. The molecule has 0 saturated heterocycles. The maximum atomic E-state index is 9.33. The molecule has 2 rings (SSSR count). The molecule has 0 spiro atoms. The monoisotopic (exact) mass is 238 g/mol. The number of para-hydroxylation sites is 1. The highest BCUT2D eigenvalue weighted by Crippen LogP contribution is 2.49. The molecule has 0 aromatic heterocycles. The summed E-state index contributed by atoms with van der Waals surface area (Å²) < 4.78 is 0.0717. The number of rotatable bonds is 1. The van der Waals surface area contributed by atoms with Crippen molar-refractivity contribution in [3.05, 3.63) is 24.3 Å². The van der Waals surface area contributed by atoms with E-state index in [9.17, 15) is 5.14 Å². The van der Waals surface area contributed by atoms with Crippen molar-refractivity contribution in [2.75, 3.05) is 4.90 Å². The van der Waals surface area contributed by atoms with Crippen molar-refractivity contribution >= 4 is 29.4 Å². The van der Waals surface area contributed by atoms with Crippen LogP contribution in [0.1, 0.15) is 20.8 Å². The van der Waals surface area contributed by atoms with Gasteiger partial charge in [-0.2, -0.15) is 0 Å². The first-order chi connectivity index (χ1) is 7.04. The Morgan fingerprint density at radius 3 is 2.60 bits per heavy atom. The van der Waals surface area contributed by atoms with Crippen molar-refractivity contribution in [2.24, 2.45) is 0 Å². The summed E-state index contributed by atoms with van der Waals surface area (Å²) in [6.07, 6.45) is 0. The molecule has 1 heterocycles. The summed E-state index contributed by atoms with van der Waals surface area (Å²) in [5.41, 5.74) is 1.25. The lowest BCUT2D eigenvalue weighted by Gasteiger charge is -2.37. The van der Waals surface area contributed by atoms with Crippen molar-refractivity contribution in [2.45, 2.75) is 35.9 Å². The van der Waals surface area contributed by atoms with Gasteiger partial charge in [-0.3, -0.25) is 0 Å². The number of nitrogens with zero attached hydrogens (tertiary/aromatic N) is 2. The molecule has 1 aromatic rings. The van der Waals surface area contributed by atoms with Crippen molar-refractivity contribution in [3.63, 3.8) is 0 Å². The van der Waals surface area contributed by atoms with E-state index in [1.807, 2.05) is 12.1 Å². The van der Waals surface area contributed by atoms with E-state index in [0.717, 1.165) is 11.9 Å². The van der Waals surface area contributed by atoms with Crippen LogP contribution in [-0.4, -0.2) is 10.2 Å². The lowest BCUT2D eigenvalue weighted by Crippen LogP contribution is -2.43. The third-order valence-corrected chi connectivity index (χ3v) is 4.33. The molecule has 15 heavy (non-hydrogen) atoms. The Hall–Kier alpha value is -0.320. The van der Waals surface area contributed by atoms with E-state index in [1.165, 1.54) is 10.6 Å². The number of anilines is 1. The van der Waals surface area contributed by atoms with Crippen LogP contribution in [-0.2, 0) is 0 Å². The maximum absolute atomic E-state index is 9.33. The molecule has 1 atom stereocenters. The number of hydrogen-bond donors (Lipinski definition) is 0. The highest BCUT2D eigenvalue weighted by atomic mass is 32.2. The van der Waals surface area contributed by atoms with Crippen LogP contribution in [0.5, 0.6) is 0 Å². The van der Waals surface area contributed by atoms with Crippen LogP contribution in [0, 0.1) is 0 Å².